The number of benzene rings is 1. The van der Waals surface area contributed by atoms with E-state index in [0.717, 1.165) is 31.5 Å². The molecule has 3 rings (SSSR count). The maximum Gasteiger partial charge on any atom is 0.416 e. The number of nitrogens with zero attached hydrogens (tertiary/aromatic N) is 3. The van der Waals surface area contributed by atoms with Crippen LogP contribution in [0.3, 0.4) is 0 Å². The Hall–Kier alpha value is -2.86. The molecule has 0 amide bonds. The Labute approximate surface area is 147 Å². The van der Waals surface area contributed by atoms with Gasteiger partial charge < -0.3 is 16.2 Å². The van der Waals surface area contributed by atoms with E-state index in [9.17, 15) is 23.5 Å². The van der Waals surface area contributed by atoms with Crippen molar-refractivity contribution in [3.8, 4) is 23.2 Å². The van der Waals surface area contributed by atoms with E-state index in [0.29, 0.717) is 18.3 Å². The Kier molecular flexibility index (Phi) is 4.70. The first kappa shape index (κ1) is 17.9. The SMILES string of the molecule is N#Cc1c(N)nc(-c2ccc(C(F)(F)F)cc2O)nc1C1CCCNC1. The molecule has 1 unspecified atom stereocenters. The van der Waals surface area contributed by atoms with E-state index in [-0.39, 0.29) is 28.7 Å². The average Bonchev–Trinajstić information content (AvgIpc) is 2.61. The lowest BCUT2D eigenvalue weighted by molar-refractivity contribution is -0.137. The third-order valence-corrected chi connectivity index (χ3v) is 4.33. The van der Waals surface area contributed by atoms with Gasteiger partial charge in [0.2, 0.25) is 0 Å². The third-order valence-electron chi connectivity index (χ3n) is 4.33. The lowest BCUT2D eigenvalue weighted by atomic mass is 9.93. The fourth-order valence-electron chi connectivity index (χ4n) is 3.01. The zero-order chi connectivity index (χ0) is 18.9. The standard InChI is InChI=1S/C17H16F3N5O/c18-17(19,20)10-3-4-11(13(26)6-10)16-24-14(9-2-1-5-23-8-9)12(7-21)15(22)25-16/h3-4,6,9,23,26H,1-2,5,8H2,(H2,22,24,25). The number of halogens is 3. The van der Waals surface area contributed by atoms with Gasteiger partial charge in [-0.1, -0.05) is 0 Å². The van der Waals surface area contributed by atoms with Gasteiger partial charge in [0.05, 0.1) is 16.8 Å². The number of aromatic hydroxyl groups is 1. The molecule has 1 fully saturated rings. The first-order chi connectivity index (χ1) is 12.3. The molecule has 1 saturated heterocycles. The van der Waals surface area contributed by atoms with Crippen molar-refractivity contribution in [2.24, 2.45) is 0 Å². The molecule has 6 nitrogen and oxygen atoms in total. The fraction of sp³-hybridized carbons (Fsp3) is 0.353. The van der Waals surface area contributed by atoms with Crippen molar-refractivity contribution >= 4 is 5.82 Å². The zero-order valence-corrected chi connectivity index (χ0v) is 13.6. The number of phenols is 1. The van der Waals surface area contributed by atoms with Crippen molar-refractivity contribution in [2.45, 2.75) is 24.9 Å². The summed E-state index contributed by atoms with van der Waals surface area (Å²) in [7, 11) is 0. The number of rotatable bonds is 2. The quantitative estimate of drug-likeness (QED) is 0.757. The molecule has 136 valence electrons. The monoisotopic (exact) mass is 363 g/mol. The van der Waals surface area contributed by atoms with Crippen LogP contribution in [0.1, 0.15) is 35.6 Å². The van der Waals surface area contributed by atoms with E-state index in [4.69, 9.17) is 5.73 Å². The van der Waals surface area contributed by atoms with Crippen LogP contribution < -0.4 is 11.1 Å². The lowest BCUT2D eigenvalue weighted by Crippen LogP contribution is -2.29. The molecule has 0 radical (unpaired) electrons. The molecule has 0 aliphatic carbocycles. The highest BCUT2D eigenvalue weighted by atomic mass is 19.4. The molecule has 1 aliphatic heterocycles. The Bertz CT molecular complexity index is 870. The average molecular weight is 363 g/mol. The summed E-state index contributed by atoms with van der Waals surface area (Å²) in [4.78, 5) is 8.36. The summed E-state index contributed by atoms with van der Waals surface area (Å²) in [6, 6.07) is 4.56. The number of aromatic nitrogens is 2. The Morgan fingerprint density at radius 1 is 1.31 bits per heavy atom. The van der Waals surface area contributed by atoms with Crippen molar-refractivity contribution in [1.82, 2.24) is 15.3 Å². The number of nitriles is 1. The second-order valence-electron chi connectivity index (χ2n) is 6.08. The molecule has 9 heteroatoms. The van der Waals surface area contributed by atoms with Crippen LogP contribution in [-0.2, 0) is 6.18 Å². The lowest BCUT2D eigenvalue weighted by Gasteiger charge is -2.23. The molecule has 2 aromatic rings. The van der Waals surface area contributed by atoms with E-state index in [1.165, 1.54) is 0 Å². The van der Waals surface area contributed by atoms with E-state index in [1.54, 1.807) is 0 Å². The molecule has 1 aromatic carbocycles. The van der Waals surface area contributed by atoms with Gasteiger partial charge in [0.25, 0.3) is 0 Å². The summed E-state index contributed by atoms with van der Waals surface area (Å²) in [5.41, 5.74) is 5.53. The van der Waals surface area contributed by atoms with Gasteiger partial charge >= 0.3 is 6.18 Å². The molecule has 1 atom stereocenters. The maximum atomic E-state index is 12.8. The van der Waals surface area contributed by atoms with Crippen molar-refractivity contribution in [3.05, 3.63) is 35.0 Å². The highest BCUT2D eigenvalue weighted by Crippen LogP contribution is 2.37. The third kappa shape index (κ3) is 3.41. The molecule has 4 N–H and O–H groups in total. The minimum Gasteiger partial charge on any atom is -0.507 e. The van der Waals surface area contributed by atoms with Crippen molar-refractivity contribution in [3.63, 3.8) is 0 Å². The molecular formula is C17H16F3N5O. The summed E-state index contributed by atoms with van der Waals surface area (Å²) >= 11 is 0. The number of anilines is 1. The Balaban J connectivity index is 2.09. The molecule has 1 aliphatic rings. The number of piperidine rings is 1. The smallest absolute Gasteiger partial charge is 0.416 e. The summed E-state index contributed by atoms with van der Waals surface area (Å²) in [6.07, 6.45) is -2.86. The largest absolute Gasteiger partial charge is 0.507 e. The van der Waals surface area contributed by atoms with Crippen LogP contribution in [0.5, 0.6) is 5.75 Å². The first-order valence-electron chi connectivity index (χ1n) is 8.00. The second kappa shape index (κ2) is 6.80. The predicted molar refractivity (Wildman–Crippen MR) is 88.1 cm³/mol. The first-order valence-corrected chi connectivity index (χ1v) is 8.00. The maximum absolute atomic E-state index is 12.8. The Morgan fingerprint density at radius 2 is 2.08 bits per heavy atom. The van der Waals surface area contributed by atoms with E-state index in [1.807, 2.05) is 6.07 Å². The number of nitrogen functional groups attached to an aromatic ring is 1. The predicted octanol–water partition coefficient (Wildman–Crippen LogP) is 2.79. The van der Waals surface area contributed by atoms with Gasteiger partial charge in [-0.2, -0.15) is 18.4 Å². The van der Waals surface area contributed by atoms with Crippen LogP contribution >= 0.6 is 0 Å². The summed E-state index contributed by atoms with van der Waals surface area (Å²) < 4.78 is 38.3. The van der Waals surface area contributed by atoms with Gasteiger partial charge in [0.1, 0.15) is 23.2 Å². The van der Waals surface area contributed by atoms with Crippen LogP contribution in [0, 0.1) is 11.3 Å². The zero-order valence-electron chi connectivity index (χ0n) is 13.6. The van der Waals surface area contributed by atoms with Gasteiger partial charge in [0, 0.05) is 12.5 Å². The Morgan fingerprint density at radius 3 is 2.65 bits per heavy atom. The number of phenolic OH excluding ortho intramolecular Hbond substituents is 1. The molecule has 1 aromatic heterocycles. The van der Waals surface area contributed by atoms with Crippen LogP contribution in [0.2, 0.25) is 0 Å². The highest BCUT2D eigenvalue weighted by Gasteiger charge is 2.31. The summed E-state index contributed by atoms with van der Waals surface area (Å²) in [6.45, 7) is 1.48. The van der Waals surface area contributed by atoms with Gasteiger partial charge in [0.15, 0.2) is 5.82 Å². The molecular weight excluding hydrogens is 347 g/mol. The van der Waals surface area contributed by atoms with E-state index in [2.05, 4.69) is 15.3 Å². The van der Waals surface area contributed by atoms with Crippen LogP contribution in [0.4, 0.5) is 19.0 Å². The van der Waals surface area contributed by atoms with Gasteiger partial charge in [-0.15, -0.1) is 0 Å². The van der Waals surface area contributed by atoms with E-state index < -0.39 is 17.5 Å². The van der Waals surface area contributed by atoms with Crippen molar-refractivity contribution < 1.29 is 18.3 Å². The molecule has 26 heavy (non-hydrogen) atoms. The number of hydrogen-bond donors (Lipinski definition) is 3. The second-order valence-corrected chi connectivity index (χ2v) is 6.08. The fourth-order valence-corrected chi connectivity index (χ4v) is 3.01. The highest BCUT2D eigenvalue weighted by molar-refractivity contribution is 5.67. The topological polar surface area (TPSA) is 108 Å². The minimum absolute atomic E-state index is 0.00621. The van der Waals surface area contributed by atoms with Gasteiger partial charge in [-0.3, -0.25) is 0 Å². The van der Waals surface area contributed by atoms with Crippen LogP contribution in [0.25, 0.3) is 11.4 Å². The van der Waals surface area contributed by atoms with Gasteiger partial charge in [-0.25, -0.2) is 9.97 Å². The summed E-state index contributed by atoms with van der Waals surface area (Å²) in [5, 5.41) is 22.6. The van der Waals surface area contributed by atoms with Crippen molar-refractivity contribution in [1.29, 1.82) is 5.26 Å². The molecule has 0 bridgehead atoms. The molecule has 2 heterocycles. The summed E-state index contributed by atoms with van der Waals surface area (Å²) in [5.74, 6) is -0.721. The number of nitrogens with two attached hydrogens (primary N) is 1. The molecule has 0 saturated carbocycles. The minimum atomic E-state index is -4.57. The van der Waals surface area contributed by atoms with Crippen LogP contribution in [0.15, 0.2) is 18.2 Å². The van der Waals surface area contributed by atoms with Gasteiger partial charge in [-0.05, 0) is 37.6 Å². The van der Waals surface area contributed by atoms with Crippen molar-refractivity contribution in [2.75, 3.05) is 18.8 Å². The molecule has 0 spiro atoms. The normalized spacial score (nSPS) is 17.7. The number of hydrogen-bond acceptors (Lipinski definition) is 6. The number of alkyl halides is 3. The van der Waals surface area contributed by atoms with Crippen LogP contribution in [-0.4, -0.2) is 28.2 Å². The van der Waals surface area contributed by atoms with E-state index >= 15 is 0 Å². The number of nitrogens with one attached hydrogen (secondary N) is 1.